The van der Waals surface area contributed by atoms with Crippen molar-refractivity contribution >= 4 is 28.5 Å². The molecular weight excluding hydrogens is 356 g/mol. The number of fused-ring (bicyclic) bond motifs is 3. The predicted molar refractivity (Wildman–Crippen MR) is 107 cm³/mol. The maximum Gasteiger partial charge on any atom is 0.262 e. The van der Waals surface area contributed by atoms with Crippen LogP contribution in [0.2, 0.25) is 0 Å². The molecule has 6 heteroatoms. The molecule has 4 rings (SSSR count). The smallest absolute Gasteiger partial charge is 0.262 e. The van der Waals surface area contributed by atoms with Crippen LogP contribution >= 0.6 is 0 Å². The molecule has 0 aliphatic heterocycles. The van der Waals surface area contributed by atoms with E-state index in [0.29, 0.717) is 17.0 Å². The summed E-state index contributed by atoms with van der Waals surface area (Å²) in [6.07, 6.45) is 4.36. The predicted octanol–water partition coefficient (Wildman–Crippen LogP) is 3.69. The Kier molecular flexibility index (Phi) is 5.02. The molecule has 2 N–H and O–H groups in total. The van der Waals surface area contributed by atoms with Gasteiger partial charge in [-0.3, -0.25) is 9.59 Å². The summed E-state index contributed by atoms with van der Waals surface area (Å²) in [5.74, 6) is 1.29. The molecule has 0 saturated carbocycles. The van der Waals surface area contributed by atoms with Crippen LogP contribution in [0.1, 0.15) is 34.5 Å². The highest BCUT2D eigenvalue weighted by Gasteiger charge is 2.18. The van der Waals surface area contributed by atoms with Gasteiger partial charge in [-0.15, -0.1) is 0 Å². The molecular formula is C22H22N2O4. The average molecular weight is 378 g/mol. The van der Waals surface area contributed by atoms with E-state index < -0.39 is 0 Å². The number of furan rings is 1. The summed E-state index contributed by atoms with van der Waals surface area (Å²) in [6.45, 7) is -0.0945. The van der Waals surface area contributed by atoms with Crippen LogP contribution in [0.4, 0.5) is 5.69 Å². The molecule has 0 fully saturated rings. The zero-order valence-corrected chi connectivity index (χ0v) is 15.7. The second kappa shape index (κ2) is 7.76. The van der Waals surface area contributed by atoms with E-state index >= 15 is 0 Å². The molecule has 1 aliphatic rings. The zero-order valence-electron chi connectivity index (χ0n) is 15.7. The standard InChI is InChI=1S/C22H22N2O4/c1-23-22(26)14-6-8-15(9-7-14)24-21(25)13-27-16-10-11-20-18(12-16)17-4-2-3-5-19(17)28-20/h6-12H,2-5,13H2,1H3,(H,23,26)(H,24,25). The molecule has 144 valence electrons. The van der Waals surface area contributed by atoms with Crippen LogP contribution in [-0.2, 0) is 17.6 Å². The van der Waals surface area contributed by atoms with E-state index in [1.165, 1.54) is 18.4 Å². The quantitative estimate of drug-likeness (QED) is 0.710. The zero-order chi connectivity index (χ0) is 19.5. The fourth-order valence-electron chi connectivity index (χ4n) is 3.53. The molecule has 0 saturated heterocycles. The molecule has 1 aliphatic carbocycles. The number of nitrogens with one attached hydrogen (secondary N) is 2. The highest BCUT2D eigenvalue weighted by atomic mass is 16.5. The Morgan fingerprint density at radius 1 is 1.07 bits per heavy atom. The molecule has 0 radical (unpaired) electrons. The lowest BCUT2D eigenvalue weighted by Gasteiger charge is -2.10. The SMILES string of the molecule is CNC(=O)c1ccc(NC(=O)COc2ccc3oc4c(c3c2)CCCC4)cc1. The Labute approximate surface area is 162 Å². The van der Waals surface area contributed by atoms with Crippen LogP contribution in [0.5, 0.6) is 5.75 Å². The van der Waals surface area contributed by atoms with E-state index in [2.05, 4.69) is 10.6 Å². The number of benzene rings is 2. The van der Waals surface area contributed by atoms with Gasteiger partial charge in [-0.2, -0.15) is 0 Å². The first-order chi connectivity index (χ1) is 13.6. The van der Waals surface area contributed by atoms with Crippen molar-refractivity contribution in [2.24, 2.45) is 0 Å². The van der Waals surface area contributed by atoms with Crippen LogP contribution in [0, 0.1) is 0 Å². The van der Waals surface area contributed by atoms with Crippen LogP contribution in [0.25, 0.3) is 11.0 Å². The van der Waals surface area contributed by atoms with Gasteiger partial charge in [-0.05, 0) is 61.7 Å². The average Bonchev–Trinajstić information content (AvgIpc) is 3.10. The Morgan fingerprint density at radius 3 is 2.64 bits per heavy atom. The first kappa shape index (κ1) is 18.1. The minimum atomic E-state index is -0.262. The maximum absolute atomic E-state index is 12.2. The van der Waals surface area contributed by atoms with Gasteiger partial charge in [0, 0.05) is 35.7 Å². The summed E-state index contributed by atoms with van der Waals surface area (Å²) in [5.41, 5.74) is 3.29. The Morgan fingerprint density at radius 2 is 1.86 bits per heavy atom. The van der Waals surface area contributed by atoms with Gasteiger partial charge in [0.05, 0.1) is 0 Å². The number of hydrogen-bond donors (Lipinski definition) is 2. The molecule has 3 aromatic rings. The van der Waals surface area contributed by atoms with Gasteiger partial charge >= 0.3 is 0 Å². The Balaban J connectivity index is 1.38. The summed E-state index contributed by atoms with van der Waals surface area (Å²) in [6, 6.07) is 12.4. The molecule has 6 nitrogen and oxygen atoms in total. The lowest BCUT2D eigenvalue weighted by atomic mass is 9.96. The van der Waals surface area contributed by atoms with Gasteiger partial charge in [0.25, 0.3) is 11.8 Å². The lowest BCUT2D eigenvalue weighted by molar-refractivity contribution is -0.118. The number of amides is 2. The van der Waals surface area contributed by atoms with Gasteiger partial charge in [-0.1, -0.05) is 0 Å². The van der Waals surface area contributed by atoms with Crippen molar-refractivity contribution in [2.45, 2.75) is 25.7 Å². The van der Waals surface area contributed by atoms with Crippen LogP contribution < -0.4 is 15.4 Å². The third-order valence-electron chi connectivity index (χ3n) is 4.95. The maximum atomic E-state index is 12.2. The highest BCUT2D eigenvalue weighted by molar-refractivity contribution is 5.96. The molecule has 0 spiro atoms. The monoisotopic (exact) mass is 378 g/mol. The number of carbonyl (C=O) groups excluding carboxylic acids is 2. The van der Waals surface area contributed by atoms with Gasteiger partial charge < -0.3 is 19.8 Å². The molecule has 2 amide bonds. The first-order valence-corrected chi connectivity index (χ1v) is 9.43. The largest absolute Gasteiger partial charge is 0.484 e. The van der Waals surface area contributed by atoms with Gasteiger partial charge in [0.15, 0.2) is 6.61 Å². The molecule has 0 bridgehead atoms. The van der Waals surface area contributed by atoms with Gasteiger partial charge in [-0.25, -0.2) is 0 Å². The number of aryl methyl sites for hydroxylation is 2. The Bertz CT molecular complexity index is 1020. The number of ether oxygens (including phenoxy) is 1. The second-order valence-corrected chi connectivity index (χ2v) is 6.86. The topological polar surface area (TPSA) is 80.6 Å². The van der Waals surface area contributed by atoms with E-state index in [1.807, 2.05) is 18.2 Å². The minimum absolute atomic E-state index is 0.0945. The Hall–Kier alpha value is -3.28. The van der Waals surface area contributed by atoms with Crippen LogP contribution in [-0.4, -0.2) is 25.5 Å². The lowest BCUT2D eigenvalue weighted by Crippen LogP contribution is -2.20. The van der Waals surface area contributed by atoms with Gasteiger partial charge in [0.1, 0.15) is 17.1 Å². The molecule has 0 atom stereocenters. The van der Waals surface area contributed by atoms with Crippen LogP contribution in [0.15, 0.2) is 46.9 Å². The third kappa shape index (κ3) is 3.71. The van der Waals surface area contributed by atoms with E-state index in [-0.39, 0.29) is 18.4 Å². The summed E-state index contributed by atoms with van der Waals surface area (Å²) in [5, 5.41) is 6.40. The second-order valence-electron chi connectivity index (χ2n) is 6.86. The summed E-state index contributed by atoms with van der Waals surface area (Å²) in [7, 11) is 1.58. The van der Waals surface area contributed by atoms with Crippen molar-refractivity contribution in [2.75, 3.05) is 19.0 Å². The summed E-state index contributed by atoms with van der Waals surface area (Å²) < 4.78 is 11.6. The molecule has 1 heterocycles. The van der Waals surface area contributed by atoms with Crippen molar-refractivity contribution in [3.63, 3.8) is 0 Å². The van der Waals surface area contributed by atoms with E-state index in [4.69, 9.17) is 9.15 Å². The number of hydrogen-bond acceptors (Lipinski definition) is 4. The minimum Gasteiger partial charge on any atom is -0.484 e. The fraction of sp³-hybridized carbons (Fsp3) is 0.273. The molecule has 1 aromatic heterocycles. The normalized spacial score (nSPS) is 13.0. The van der Waals surface area contributed by atoms with Crippen molar-refractivity contribution in [3.05, 3.63) is 59.4 Å². The van der Waals surface area contributed by atoms with Crippen molar-refractivity contribution in [1.29, 1.82) is 0 Å². The van der Waals surface area contributed by atoms with Crippen molar-refractivity contribution in [1.82, 2.24) is 5.32 Å². The van der Waals surface area contributed by atoms with Crippen molar-refractivity contribution < 1.29 is 18.7 Å². The number of anilines is 1. The highest BCUT2D eigenvalue weighted by Crippen LogP contribution is 2.33. The number of rotatable bonds is 5. The third-order valence-corrected chi connectivity index (χ3v) is 4.95. The fourth-order valence-corrected chi connectivity index (χ4v) is 3.53. The summed E-state index contributed by atoms with van der Waals surface area (Å²) in [4.78, 5) is 23.7. The van der Waals surface area contributed by atoms with E-state index in [0.717, 1.165) is 29.6 Å². The van der Waals surface area contributed by atoms with Gasteiger partial charge in [0.2, 0.25) is 0 Å². The van der Waals surface area contributed by atoms with E-state index in [9.17, 15) is 9.59 Å². The number of carbonyl (C=O) groups is 2. The summed E-state index contributed by atoms with van der Waals surface area (Å²) >= 11 is 0. The van der Waals surface area contributed by atoms with Crippen LogP contribution in [0.3, 0.4) is 0 Å². The molecule has 2 aromatic carbocycles. The first-order valence-electron chi connectivity index (χ1n) is 9.43. The van der Waals surface area contributed by atoms with Crippen molar-refractivity contribution in [3.8, 4) is 5.75 Å². The molecule has 0 unspecified atom stereocenters. The van der Waals surface area contributed by atoms with E-state index in [1.54, 1.807) is 31.3 Å². The molecule has 28 heavy (non-hydrogen) atoms.